The monoisotopic (exact) mass is 408 g/mol. The van der Waals surface area contributed by atoms with Gasteiger partial charge >= 0.3 is 0 Å². The van der Waals surface area contributed by atoms with Crippen LogP contribution < -0.4 is 0 Å². The molecule has 1 heterocycles. The molecule has 2 nitrogen and oxygen atoms in total. The van der Waals surface area contributed by atoms with E-state index in [4.69, 9.17) is 4.98 Å². The van der Waals surface area contributed by atoms with Gasteiger partial charge in [0.1, 0.15) is 0 Å². The van der Waals surface area contributed by atoms with Crippen LogP contribution in [0.25, 0.3) is 44.8 Å². The fraction of sp³-hybridized carbons (Fsp3) is 0. The van der Waals surface area contributed by atoms with E-state index in [0.29, 0.717) is 5.56 Å². The van der Waals surface area contributed by atoms with Gasteiger partial charge in [-0.05, 0) is 46.5 Å². The van der Waals surface area contributed by atoms with Crippen LogP contribution in [0.2, 0.25) is 0 Å². The molecule has 2 heteroatoms. The predicted molar refractivity (Wildman–Crippen MR) is 131 cm³/mol. The Bertz CT molecular complexity index is 1400. The topological polar surface area (TPSA) is 36.7 Å². The number of pyridine rings is 1. The number of nitrogens with zero attached hydrogens (tertiary/aromatic N) is 2. The molecule has 0 spiro atoms. The predicted octanol–water partition coefficient (Wildman–Crippen LogP) is 7.62. The second-order valence-corrected chi connectivity index (χ2v) is 7.63. The minimum absolute atomic E-state index is 0.628. The Morgan fingerprint density at radius 3 is 1.56 bits per heavy atom. The molecule has 0 fully saturated rings. The second kappa shape index (κ2) is 8.71. The molecule has 0 amide bonds. The Morgan fingerprint density at radius 2 is 0.938 bits per heavy atom. The number of nitriles is 1. The lowest BCUT2D eigenvalue weighted by Gasteiger charge is -2.11. The molecular formula is C30H20N2. The highest BCUT2D eigenvalue weighted by Crippen LogP contribution is 2.31. The molecule has 5 rings (SSSR count). The van der Waals surface area contributed by atoms with Crippen molar-refractivity contribution in [2.75, 3.05) is 0 Å². The number of hydrogen-bond acceptors (Lipinski definition) is 2. The number of rotatable bonds is 4. The highest BCUT2D eigenvalue weighted by Gasteiger charge is 2.10. The zero-order chi connectivity index (χ0) is 21.8. The molecule has 0 aliphatic carbocycles. The van der Waals surface area contributed by atoms with Gasteiger partial charge < -0.3 is 0 Å². The number of hydrogen-bond donors (Lipinski definition) is 0. The maximum absolute atomic E-state index is 9.32. The van der Waals surface area contributed by atoms with Gasteiger partial charge in [0, 0.05) is 11.1 Å². The minimum Gasteiger partial charge on any atom is -0.248 e. The van der Waals surface area contributed by atoms with Gasteiger partial charge in [0.15, 0.2) is 0 Å². The van der Waals surface area contributed by atoms with Crippen LogP contribution in [-0.2, 0) is 0 Å². The number of aromatic nitrogens is 1. The summed E-state index contributed by atoms with van der Waals surface area (Å²) in [6.07, 6.45) is 0. The lowest BCUT2D eigenvalue weighted by Crippen LogP contribution is -1.91. The van der Waals surface area contributed by atoms with E-state index < -0.39 is 0 Å². The molecular weight excluding hydrogens is 388 g/mol. The smallest absolute Gasteiger partial charge is 0.0991 e. The van der Waals surface area contributed by atoms with E-state index in [9.17, 15) is 5.26 Å². The first-order valence-corrected chi connectivity index (χ1v) is 10.5. The standard InChI is InChI=1S/C30H20N2/c31-21-22-8-7-13-27(18-22)30-20-28(19-29(32-30)26-11-5-2-6-12-26)25-16-14-24(15-17-25)23-9-3-1-4-10-23/h1-20H. The molecule has 5 aromatic rings. The zero-order valence-corrected chi connectivity index (χ0v) is 17.4. The molecule has 0 saturated carbocycles. The summed E-state index contributed by atoms with van der Waals surface area (Å²) >= 11 is 0. The Morgan fingerprint density at radius 1 is 0.438 bits per heavy atom. The summed E-state index contributed by atoms with van der Waals surface area (Å²) in [6, 6.07) is 43.2. The summed E-state index contributed by atoms with van der Waals surface area (Å²) in [7, 11) is 0. The molecule has 0 unspecified atom stereocenters. The van der Waals surface area contributed by atoms with Crippen LogP contribution in [-0.4, -0.2) is 4.98 Å². The van der Waals surface area contributed by atoms with E-state index in [1.54, 1.807) is 0 Å². The largest absolute Gasteiger partial charge is 0.248 e. The van der Waals surface area contributed by atoms with Crippen molar-refractivity contribution < 1.29 is 0 Å². The average Bonchev–Trinajstić information content (AvgIpc) is 2.89. The van der Waals surface area contributed by atoms with Crippen molar-refractivity contribution in [3.8, 4) is 50.8 Å². The quantitative estimate of drug-likeness (QED) is 0.307. The second-order valence-electron chi connectivity index (χ2n) is 7.63. The fourth-order valence-electron chi connectivity index (χ4n) is 3.84. The third kappa shape index (κ3) is 4.05. The molecule has 0 bridgehead atoms. The third-order valence-electron chi connectivity index (χ3n) is 5.51. The lowest BCUT2D eigenvalue weighted by molar-refractivity contribution is 1.32. The molecule has 0 N–H and O–H groups in total. The Hall–Kier alpha value is -4.48. The van der Waals surface area contributed by atoms with Crippen LogP contribution in [0.15, 0.2) is 121 Å². The van der Waals surface area contributed by atoms with E-state index in [2.05, 4.69) is 78.9 Å². The maximum Gasteiger partial charge on any atom is 0.0991 e. The molecule has 1 aromatic heterocycles. The van der Waals surface area contributed by atoms with Crippen molar-refractivity contribution in [3.63, 3.8) is 0 Å². The summed E-state index contributed by atoms with van der Waals surface area (Å²) in [4.78, 5) is 4.93. The van der Waals surface area contributed by atoms with Crippen molar-refractivity contribution >= 4 is 0 Å². The van der Waals surface area contributed by atoms with Gasteiger partial charge in [-0.25, -0.2) is 4.98 Å². The third-order valence-corrected chi connectivity index (χ3v) is 5.51. The molecule has 0 aliphatic heterocycles. The normalized spacial score (nSPS) is 10.5. The zero-order valence-electron chi connectivity index (χ0n) is 17.4. The van der Waals surface area contributed by atoms with Crippen molar-refractivity contribution in [1.29, 1.82) is 5.26 Å². The SMILES string of the molecule is N#Cc1cccc(-c2cc(-c3ccc(-c4ccccc4)cc3)cc(-c3ccccc3)n2)c1. The molecule has 4 aromatic carbocycles. The molecule has 0 atom stereocenters. The van der Waals surface area contributed by atoms with E-state index >= 15 is 0 Å². The average molecular weight is 409 g/mol. The van der Waals surface area contributed by atoms with Crippen LogP contribution in [0, 0.1) is 11.3 Å². The summed E-state index contributed by atoms with van der Waals surface area (Å²) < 4.78 is 0. The van der Waals surface area contributed by atoms with Gasteiger partial charge in [-0.3, -0.25) is 0 Å². The molecule has 32 heavy (non-hydrogen) atoms. The fourth-order valence-corrected chi connectivity index (χ4v) is 3.84. The van der Waals surface area contributed by atoms with Gasteiger partial charge in [0.2, 0.25) is 0 Å². The first-order chi connectivity index (χ1) is 15.8. The molecule has 0 radical (unpaired) electrons. The summed E-state index contributed by atoms with van der Waals surface area (Å²) in [5, 5.41) is 9.32. The summed E-state index contributed by atoms with van der Waals surface area (Å²) in [5.74, 6) is 0. The van der Waals surface area contributed by atoms with E-state index in [1.807, 2.05) is 48.5 Å². The Balaban J connectivity index is 1.62. The van der Waals surface area contributed by atoms with Gasteiger partial charge in [-0.15, -0.1) is 0 Å². The first kappa shape index (κ1) is 19.5. The van der Waals surface area contributed by atoms with E-state index in [-0.39, 0.29) is 0 Å². The maximum atomic E-state index is 9.32. The van der Waals surface area contributed by atoms with Gasteiger partial charge in [-0.2, -0.15) is 5.26 Å². The van der Waals surface area contributed by atoms with Crippen LogP contribution in [0.3, 0.4) is 0 Å². The van der Waals surface area contributed by atoms with Crippen LogP contribution in [0.4, 0.5) is 0 Å². The Kier molecular flexibility index (Phi) is 5.31. The Labute approximate surface area is 188 Å². The molecule has 150 valence electrons. The van der Waals surface area contributed by atoms with Crippen LogP contribution >= 0.6 is 0 Å². The highest BCUT2D eigenvalue weighted by molar-refractivity contribution is 5.78. The lowest BCUT2D eigenvalue weighted by atomic mass is 9.97. The molecule has 0 aliphatic rings. The first-order valence-electron chi connectivity index (χ1n) is 10.5. The van der Waals surface area contributed by atoms with Crippen molar-refractivity contribution in [2.45, 2.75) is 0 Å². The summed E-state index contributed by atoms with van der Waals surface area (Å²) in [5.41, 5.74) is 9.00. The van der Waals surface area contributed by atoms with E-state index in [1.165, 1.54) is 11.1 Å². The molecule has 0 saturated heterocycles. The minimum atomic E-state index is 0.628. The van der Waals surface area contributed by atoms with Crippen molar-refractivity contribution in [2.24, 2.45) is 0 Å². The van der Waals surface area contributed by atoms with Crippen LogP contribution in [0.1, 0.15) is 5.56 Å². The van der Waals surface area contributed by atoms with Crippen molar-refractivity contribution in [1.82, 2.24) is 4.98 Å². The van der Waals surface area contributed by atoms with Crippen molar-refractivity contribution in [3.05, 3.63) is 127 Å². The van der Waals surface area contributed by atoms with E-state index in [0.717, 1.165) is 33.6 Å². The van der Waals surface area contributed by atoms with Gasteiger partial charge in [0.25, 0.3) is 0 Å². The highest BCUT2D eigenvalue weighted by atomic mass is 14.7. The number of benzene rings is 4. The van der Waals surface area contributed by atoms with Gasteiger partial charge in [-0.1, -0.05) is 97.1 Å². The van der Waals surface area contributed by atoms with Gasteiger partial charge in [0.05, 0.1) is 23.0 Å². The summed E-state index contributed by atoms with van der Waals surface area (Å²) in [6.45, 7) is 0. The van der Waals surface area contributed by atoms with Crippen LogP contribution in [0.5, 0.6) is 0 Å².